The second-order valence-corrected chi connectivity index (χ2v) is 9.81. The van der Waals surface area contributed by atoms with Gasteiger partial charge in [-0.2, -0.15) is 5.26 Å². The zero-order chi connectivity index (χ0) is 26.2. The van der Waals surface area contributed by atoms with Crippen LogP contribution in [0.25, 0.3) is 5.57 Å². The molecule has 1 aliphatic carbocycles. The molecule has 0 radical (unpaired) electrons. The van der Waals surface area contributed by atoms with Crippen molar-refractivity contribution in [2.24, 2.45) is 17.8 Å². The third kappa shape index (κ3) is 5.93. The van der Waals surface area contributed by atoms with Gasteiger partial charge in [-0.3, -0.25) is 0 Å². The number of methoxy groups -OCH3 is 3. The minimum atomic E-state index is 0.199. The van der Waals surface area contributed by atoms with E-state index < -0.39 is 0 Å². The fraction of sp³-hybridized carbons (Fsp3) is 0.500. The predicted octanol–water partition coefficient (Wildman–Crippen LogP) is 5.60. The topological polar surface area (TPSA) is 71.8 Å². The van der Waals surface area contributed by atoms with E-state index in [4.69, 9.17) is 14.2 Å². The molecule has 1 saturated heterocycles. The molecular formula is C30H38N2O4. The highest BCUT2D eigenvalue weighted by Crippen LogP contribution is 2.40. The van der Waals surface area contributed by atoms with Gasteiger partial charge >= 0.3 is 0 Å². The Morgan fingerprint density at radius 3 is 2.53 bits per heavy atom. The van der Waals surface area contributed by atoms with Crippen molar-refractivity contribution in [2.45, 2.75) is 40.0 Å². The van der Waals surface area contributed by atoms with Gasteiger partial charge in [-0.25, -0.2) is 4.79 Å². The van der Waals surface area contributed by atoms with Crippen molar-refractivity contribution in [1.82, 2.24) is 4.90 Å². The summed E-state index contributed by atoms with van der Waals surface area (Å²) in [5.41, 5.74) is 5.78. The van der Waals surface area contributed by atoms with Crippen molar-refractivity contribution in [2.75, 3.05) is 41.0 Å². The molecule has 2 atom stereocenters. The van der Waals surface area contributed by atoms with E-state index in [9.17, 15) is 10.1 Å². The first kappa shape index (κ1) is 27.3. The Hall–Kier alpha value is -3.26. The molecular weight excluding hydrogens is 452 g/mol. The van der Waals surface area contributed by atoms with Crippen LogP contribution in [0.5, 0.6) is 11.5 Å². The summed E-state index contributed by atoms with van der Waals surface area (Å²) >= 11 is 0. The summed E-state index contributed by atoms with van der Waals surface area (Å²) in [6.45, 7) is 8.68. The molecule has 2 unspecified atom stereocenters. The summed E-state index contributed by atoms with van der Waals surface area (Å²) in [7, 11) is 4.91. The lowest BCUT2D eigenvalue weighted by atomic mass is 9.80. The van der Waals surface area contributed by atoms with Crippen molar-refractivity contribution >= 4 is 11.5 Å². The third-order valence-electron chi connectivity index (χ3n) is 7.30. The maximum Gasteiger partial charge on any atom is 0.161 e. The molecule has 1 fully saturated rings. The van der Waals surface area contributed by atoms with E-state index >= 15 is 0 Å². The number of rotatable bonds is 9. The molecule has 192 valence electrons. The van der Waals surface area contributed by atoms with E-state index in [-0.39, 0.29) is 17.8 Å². The lowest BCUT2D eigenvalue weighted by Crippen LogP contribution is -2.40. The van der Waals surface area contributed by atoms with Crippen LogP contribution in [0.1, 0.15) is 45.6 Å². The van der Waals surface area contributed by atoms with E-state index in [0.717, 1.165) is 41.9 Å². The van der Waals surface area contributed by atoms with Crippen LogP contribution in [0, 0.1) is 29.1 Å². The molecule has 0 spiro atoms. The second kappa shape index (κ2) is 12.6. The standard InChI is InChI=1S/C30H38N2O4/c1-20(2)25-8-9-28(32-13-11-26(21(3)18-32)23(19-33)12-14-34-4)24(17-31)15-27(25)22-7-10-29(35-5)30(16-22)36-6/h7-8,10,15-16,20-21,26H,9,11-14,18H2,1-6H3. The predicted molar refractivity (Wildman–Crippen MR) is 142 cm³/mol. The highest BCUT2D eigenvalue weighted by Gasteiger charge is 2.31. The summed E-state index contributed by atoms with van der Waals surface area (Å²) in [5.74, 6) is 4.29. The number of benzene rings is 1. The lowest BCUT2D eigenvalue weighted by molar-refractivity contribution is 0.164. The highest BCUT2D eigenvalue weighted by atomic mass is 16.5. The van der Waals surface area contributed by atoms with Gasteiger partial charge in [-0.1, -0.05) is 32.9 Å². The molecule has 6 nitrogen and oxygen atoms in total. The van der Waals surface area contributed by atoms with E-state index in [2.05, 4.69) is 43.8 Å². The second-order valence-electron chi connectivity index (χ2n) is 9.81. The summed E-state index contributed by atoms with van der Waals surface area (Å²) in [6.07, 6.45) is 6.48. The Kier molecular flexibility index (Phi) is 9.58. The molecule has 6 heteroatoms. The van der Waals surface area contributed by atoms with E-state index in [1.165, 1.54) is 5.57 Å². The number of allylic oxidation sites excluding steroid dienone is 5. The number of likely N-dealkylation sites (tertiary alicyclic amines) is 1. The molecule has 0 N–H and O–H groups in total. The Morgan fingerprint density at radius 1 is 1.19 bits per heavy atom. The van der Waals surface area contributed by atoms with Gasteiger partial charge in [0.1, 0.15) is 12.0 Å². The van der Waals surface area contributed by atoms with Crippen LogP contribution in [0.15, 0.2) is 52.8 Å². The van der Waals surface area contributed by atoms with Crippen LogP contribution >= 0.6 is 0 Å². The molecule has 3 rings (SSSR count). The maximum absolute atomic E-state index is 11.6. The summed E-state index contributed by atoms with van der Waals surface area (Å²) in [5, 5.41) is 10.2. The van der Waals surface area contributed by atoms with Gasteiger partial charge in [-0.15, -0.1) is 0 Å². The first-order valence-electron chi connectivity index (χ1n) is 12.6. The van der Waals surface area contributed by atoms with Crippen LogP contribution in [-0.4, -0.2) is 51.9 Å². The molecule has 1 aliphatic heterocycles. The van der Waals surface area contributed by atoms with Crippen LogP contribution in [0.4, 0.5) is 0 Å². The Balaban J connectivity index is 1.97. The molecule has 1 aromatic carbocycles. The quantitative estimate of drug-likeness (QED) is 0.420. The number of nitrogens with zero attached hydrogens (tertiary/aromatic N) is 2. The average molecular weight is 491 g/mol. The number of ether oxygens (including phenoxy) is 3. The largest absolute Gasteiger partial charge is 0.493 e. The van der Waals surface area contributed by atoms with Crippen LogP contribution in [0.3, 0.4) is 0 Å². The number of hydrogen-bond acceptors (Lipinski definition) is 6. The Bertz CT molecular complexity index is 1130. The van der Waals surface area contributed by atoms with Crippen molar-refractivity contribution in [3.63, 3.8) is 0 Å². The smallest absolute Gasteiger partial charge is 0.161 e. The van der Waals surface area contributed by atoms with Gasteiger partial charge in [0.25, 0.3) is 0 Å². The summed E-state index contributed by atoms with van der Waals surface area (Å²) in [4.78, 5) is 14.0. The first-order valence-corrected chi connectivity index (χ1v) is 12.6. The molecule has 1 heterocycles. The van der Waals surface area contributed by atoms with Gasteiger partial charge in [0.15, 0.2) is 11.5 Å². The van der Waals surface area contributed by atoms with E-state index in [0.29, 0.717) is 36.5 Å². The number of hydrogen-bond donors (Lipinski definition) is 0. The molecule has 2 aliphatic rings. The number of carbonyl (C=O) groups excluding carboxylic acids is 1. The van der Waals surface area contributed by atoms with Gasteiger partial charge in [0, 0.05) is 44.3 Å². The van der Waals surface area contributed by atoms with Crippen LogP contribution in [-0.2, 0) is 9.53 Å². The van der Waals surface area contributed by atoms with Gasteiger partial charge < -0.3 is 19.1 Å². The SMILES string of the molecule is COCCC(=C=O)C1CCN(C2=C(C#N)C=C(c3ccc(OC)c(OC)c3)C(C(C)C)=CC2)CC1C. The van der Waals surface area contributed by atoms with Gasteiger partial charge in [-0.05, 0) is 59.1 Å². The molecule has 36 heavy (non-hydrogen) atoms. The fourth-order valence-corrected chi connectivity index (χ4v) is 5.37. The molecule has 0 amide bonds. The monoisotopic (exact) mass is 490 g/mol. The molecule has 0 bridgehead atoms. The van der Waals surface area contributed by atoms with Crippen molar-refractivity contribution < 1.29 is 19.0 Å². The summed E-state index contributed by atoms with van der Waals surface area (Å²) < 4.78 is 16.1. The van der Waals surface area contributed by atoms with Gasteiger partial charge in [0.2, 0.25) is 0 Å². The third-order valence-corrected chi connectivity index (χ3v) is 7.30. The fourth-order valence-electron chi connectivity index (χ4n) is 5.37. The highest BCUT2D eigenvalue weighted by molar-refractivity contribution is 5.84. The van der Waals surface area contributed by atoms with Crippen molar-refractivity contribution in [1.29, 1.82) is 5.26 Å². The molecule has 1 aromatic rings. The average Bonchev–Trinajstić information content (AvgIpc) is 3.09. The Labute approximate surface area is 215 Å². The Morgan fingerprint density at radius 2 is 1.94 bits per heavy atom. The van der Waals surface area contributed by atoms with Crippen molar-refractivity contribution in [3.05, 3.63) is 58.3 Å². The van der Waals surface area contributed by atoms with Crippen LogP contribution in [0.2, 0.25) is 0 Å². The maximum atomic E-state index is 11.6. The first-order chi connectivity index (χ1) is 17.4. The minimum Gasteiger partial charge on any atom is -0.493 e. The van der Waals surface area contributed by atoms with Gasteiger partial charge in [0.05, 0.1) is 26.4 Å². The molecule has 0 aromatic heterocycles. The number of nitriles is 1. The zero-order valence-corrected chi connectivity index (χ0v) is 22.4. The van der Waals surface area contributed by atoms with Crippen molar-refractivity contribution in [3.8, 4) is 17.6 Å². The van der Waals surface area contributed by atoms with E-state index in [1.807, 2.05) is 24.3 Å². The normalized spacial score (nSPS) is 20.2. The zero-order valence-electron chi connectivity index (χ0n) is 22.4. The molecule has 0 saturated carbocycles. The summed E-state index contributed by atoms with van der Waals surface area (Å²) in [6, 6.07) is 8.38. The minimum absolute atomic E-state index is 0.199. The van der Waals surface area contributed by atoms with Crippen LogP contribution < -0.4 is 9.47 Å². The number of piperidine rings is 1. The lowest BCUT2D eigenvalue weighted by Gasteiger charge is -2.39. The van der Waals surface area contributed by atoms with E-state index in [1.54, 1.807) is 21.3 Å².